The molecular weight excluding hydrogens is 554 g/mol. The van der Waals surface area contributed by atoms with Gasteiger partial charge in [-0.25, -0.2) is 4.79 Å². The van der Waals surface area contributed by atoms with E-state index in [0.717, 1.165) is 23.5 Å². The number of likely N-dealkylation sites (N-methyl/N-ethyl adjacent to an activating group) is 1. The zero-order valence-corrected chi connectivity index (χ0v) is 25.3. The summed E-state index contributed by atoms with van der Waals surface area (Å²) in [5.74, 6) is -0.00829. The average Bonchev–Trinajstić information content (AvgIpc) is 3.55. The molecule has 0 aliphatic carbocycles. The molecule has 42 heavy (non-hydrogen) atoms. The first-order valence-corrected chi connectivity index (χ1v) is 14.2. The molecule has 1 aromatic heterocycles. The Kier molecular flexibility index (Phi) is 11.7. The number of phenols is 1. The van der Waals surface area contributed by atoms with Crippen molar-refractivity contribution in [3.63, 3.8) is 0 Å². The van der Waals surface area contributed by atoms with Gasteiger partial charge in [0.25, 0.3) is 0 Å². The molecule has 8 nitrogen and oxygen atoms in total. The Labute approximate surface area is 250 Å². The first-order chi connectivity index (χ1) is 20.2. The third-order valence-corrected chi connectivity index (χ3v) is 8.07. The van der Waals surface area contributed by atoms with Crippen LogP contribution in [0.5, 0.6) is 17.2 Å². The quantitative estimate of drug-likeness (QED) is 0.181. The summed E-state index contributed by atoms with van der Waals surface area (Å²) in [5.41, 5.74) is 1.42. The number of ketones is 1. The summed E-state index contributed by atoms with van der Waals surface area (Å²) in [7, 11) is 7.52. The highest BCUT2D eigenvalue weighted by atomic mass is 32.1. The lowest BCUT2D eigenvalue weighted by Gasteiger charge is -2.38. The zero-order chi connectivity index (χ0) is 30.7. The van der Waals surface area contributed by atoms with Gasteiger partial charge in [-0.05, 0) is 80.0 Å². The van der Waals surface area contributed by atoms with Gasteiger partial charge in [0.15, 0.2) is 17.3 Å². The molecule has 0 saturated heterocycles. The Morgan fingerprint density at radius 3 is 2.10 bits per heavy atom. The van der Waals surface area contributed by atoms with Gasteiger partial charge in [-0.15, -0.1) is 11.3 Å². The van der Waals surface area contributed by atoms with Crippen molar-refractivity contribution in [2.45, 2.75) is 25.5 Å². The molecule has 3 aromatic carbocycles. The van der Waals surface area contributed by atoms with Crippen LogP contribution in [0.4, 0.5) is 0 Å². The van der Waals surface area contributed by atoms with E-state index in [4.69, 9.17) is 24.4 Å². The molecule has 9 heteroatoms. The number of rotatable bonds is 12. The smallest absolute Gasteiger partial charge is 0.336 e. The number of carbonyl (C=O) groups is 2. The minimum Gasteiger partial charge on any atom is -0.508 e. The molecule has 2 N–H and O–H groups in total. The van der Waals surface area contributed by atoms with Crippen molar-refractivity contribution < 1.29 is 34.0 Å². The number of aromatic carboxylic acids is 1. The average molecular weight is 592 g/mol. The van der Waals surface area contributed by atoms with E-state index in [1.807, 2.05) is 18.2 Å². The SMILES string of the molecule is CCC(COCc1ccc(OC)c(OC)c1)(c1cccs1)N(C)C.O=C(O)c1ccccc1C(=O)c1ccc(O)cc1. The first-order valence-electron chi connectivity index (χ1n) is 13.3. The molecule has 0 aliphatic heterocycles. The molecule has 0 saturated carbocycles. The van der Waals surface area contributed by atoms with Gasteiger partial charge in [0.05, 0.1) is 38.5 Å². The number of carbonyl (C=O) groups excluding carboxylic acids is 1. The lowest BCUT2D eigenvalue weighted by Crippen LogP contribution is -2.44. The molecule has 1 heterocycles. The van der Waals surface area contributed by atoms with E-state index in [1.54, 1.807) is 37.7 Å². The minimum absolute atomic E-state index is 0.0319. The van der Waals surface area contributed by atoms with Gasteiger partial charge >= 0.3 is 5.97 Å². The Hall–Kier alpha value is -4.18. The Morgan fingerprint density at radius 1 is 0.881 bits per heavy atom. The molecule has 222 valence electrons. The summed E-state index contributed by atoms with van der Waals surface area (Å²) < 4.78 is 16.7. The number of hydrogen-bond donors (Lipinski definition) is 2. The van der Waals surface area contributed by atoms with Crippen LogP contribution in [0, 0.1) is 0 Å². The highest BCUT2D eigenvalue weighted by molar-refractivity contribution is 7.10. The largest absolute Gasteiger partial charge is 0.508 e. The highest BCUT2D eigenvalue weighted by Gasteiger charge is 2.34. The molecule has 0 bridgehead atoms. The van der Waals surface area contributed by atoms with Gasteiger partial charge in [0.2, 0.25) is 0 Å². The normalized spacial score (nSPS) is 12.1. The van der Waals surface area contributed by atoms with Crippen LogP contribution in [0.2, 0.25) is 0 Å². The number of carboxylic acid groups (broad SMARTS) is 1. The number of nitrogens with zero attached hydrogens (tertiary/aromatic N) is 1. The third-order valence-electron chi connectivity index (χ3n) is 7.01. The Morgan fingerprint density at radius 2 is 1.55 bits per heavy atom. The minimum atomic E-state index is -1.14. The van der Waals surface area contributed by atoms with E-state index in [1.165, 1.54) is 41.3 Å². The second-order valence-corrected chi connectivity index (χ2v) is 10.6. The molecule has 0 spiro atoms. The van der Waals surface area contributed by atoms with Crippen LogP contribution in [-0.4, -0.2) is 61.8 Å². The summed E-state index contributed by atoms with van der Waals surface area (Å²) in [4.78, 5) is 26.8. The molecule has 0 aliphatic rings. The zero-order valence-electron chi connectivity index (χ0n) is 24.5. The molecule has 1 unspecified atom stereocenters. The topological polar surface area (TPSA) is 106 Å². The van der Waals surface area contributed by atoms with Gasteiger partial charge in [-0.3, -0.25) is 9.69 Å². The number of phenolic OH excluding ortho intramolecular Hbond substituents is 1. The third kappa shape index (κ3) is 7.76. The molecule has 0 radical (unpaired) electrons. The van der Waals surface area contributed by atoms with Crippen molar-refractivity contribution in [2.75, 3.05) is 34.9 Å². The van der Waals surface area contributed by atoms with Crippen molar-refractivity contribution in [2.24, 2.45) is 0 Å². The van der Waals surface area contributed by atoms with E-state index < -0.39 is 5.97 Å². The summed E-state index contributed by atoms with van der Waals surface area (Å²) in [6.07, 6.45) is 0.993. The van der Waals surface area contributed by atoms with E-state index >= 15 is 0 Å². The second kappa shape index (κ2) is 15.2. The van der Waals surface area contributed by atoms with Crippen LogP contribution in [0.3, 0.4) is 0 Å². The van der Waals surface area contributed by atoms with Gasteiger partial charge < -0.3 is 24.4 Å². The monoisotopic (exact) mass is 591 g/mol. The standard InChI is InChI=1S/C19H27NO3S.C14H10O4/c1-6-19(20(2)3,18-8-7-11-24-18)14-23-13-15-9-10-16(21-4)17(12-15)22-5;15-10-7-5-9(6-8-10)13(16)11-3-1-2-4-12(11)14(17)18/h7-12H,6,13-14H2,1-5H3;1-8,15H,(H,17,18). The maximum absolute atomic E-state index is 12.1. The molecule has 0 amide bonds. The van der Waals surface area contributed by atoms with Crippen LogP contribution in [0.1, 0.15) is 50.1 Å². The van der Waals surface area contributed by atoms with Crippen molar-refractivity contribution in [3.05, 3.63) is 111 Å². The van der Waals surface area contributed by atoms with Gasteiger partial charge in [-0.1, -0.05) is 37.3 Å². The number of carboxylic acids is 1. The van der Waals surface area contributed by atoms with E-state index in [2.05, 4.69) is 43.4 Å². The molecule has 4 rings (SSSR count). The Bertz CT molecular complexity index is 1450. The second-order valence-electron chi connectivity index (χ2n) is 9.67. The number of benzene rings is 3. The van der Waals surface area contributed by atoms with Crippen LogP contribution < -0.4 is 9.47 Å². The summed E-state index contributed by atoms with van der Waals surface area (Å²) >= 11 is 1.78. The summed E-state index contributed by atoms with van der Waals surface area (Å²) in [6.45, 7) is 3.40. The van der Waals surface area contributed by atoms with Crippen molar-refractivity contribution in [1.29, 1.82) is 0 Å². The fraction of sp³-hybridized carbons (Fsp3) is 0.273. The number of ether oxygens (including phenoxy) is 3. The highest BCUT2D eigenvalue weighted by Crippen LogP contribution is 2.34. The predicted octanol–water partition coefficient (Wildman–Crippen LogP) is 6.47. The molecular formula is C33H37NO7S. The fourth-order valence-electron chi connectivity index (χ4n) is 4.50. The van der Waals surface area contributed by atoms with Crippen molar-refractivity contribution in [3.8, 4) is 17.2 Å². The molecule has 1 atom stereocenters. The first kappa shape index (κ1) is 32.3. The summed E-state index contributed by atoms with van der Waals surface area (Å²) in [5, 5.41) is 20.3. The van der Waals surface area contributed by atoms with Crippen LogP contribution in [0.25, 0.3) is 0 Å². The maximum atomic E-state index is 12.1. The van der Waals surface area contributed by atoms with Crippen molar-refractivity contribution in [1.82, 2.24) is 4.90 Å². The molecule has 0 fully saturated rings. The molecule has 4 aromatic rings. The number of methoxy groups -OCH3 is 2. The van der Waals surface area contributed by atoms with E-state index in [-0.39, 0.29) is 28.2 Å². The number of aromatic hydroxyl groups is 1. The predicted molar refractivity (Wildman–Crippen MR) is 164 cm³/mol. The summed E-state index contributed by atoms with van der Waals surface area (Å²) in [6, 6.07) is 21.9. The maximum Gasteiger partial charge on any atom is 0.336 e. The van der Waals surface area contributed by atoms with Crippen molar-refractivity contribution >= 4 is 23.1 Å². The van der Waals surface area contributed by atoms with Crippen LogP contribution in [0.15, 0.2) is 84.2 Å². The van der Waals surface area contributed by atoms with E-state index in [0.29, 0.717) is 18.8 Å². The Balaban J connectivity index is 0.000000240. The fourth-order valence-corrected chi connectivity index (χ4v) is 5.57. The number of hydrogen-bond acceptors (Lipinski definition) is 8. The number of thiophene rings is 1. The van der Waals surface area contributed by atoms with Crippen LogP contribution in [-0.2, 0) is 16.9 Å². The van der Waals surface area contributed by atoms with Gasteiger partial charge in [0.1, 0.15) is 5.75 Å². The van der Waals surface area contributed by atoms with Crippen LogP contribution >= 0.6 is 11.3 Å². The van der Waals surface area contributed by atoms with Gasteiger partial charge in [0, 0.05) is 16.0 Å². The van der Waals surface area contributed by atoms with E-state index in [9.17, 15) is 9.59 Å². The lowest BCUT2D eigenvalue weighted by molar-refractivity contribution is 0.00403. The lowest BCUT2D eigenvalue weighted by atomic mass is 9.93. The van der Waals surface area contributed by atoms with Gasteiger partial charge in [-0.2, -0.15) is 0 Å².